The van der Waals surface area contributed by atoms with Crippen molar-refractivity contribution in [3.8, 4) is 0 Å². The van der Waals surface area contributed by atoms with Gasteiger partial charge in [0.2, 0.25) is 11.8 Å². The smallest absolute Gasteiger partial charge is 0.238 e. The third kappa shape index (κ3) is 5.26. The van der Waals surface area contributed by atoms with Crippen molar-refractivity contribution in [1.82, 2.24) is 4.90 Å². The van der Waals surface area contributed by atoms with E-state index in [1.54, 1.807) is 24.3 Å². The first-order valence-corrected chi connectivity index (χ1v) is 8.73. The van der Waals surface area contributed by atoms with Gasteiger partial charge in [0, 0.05) is 24.2 Å². The molecule has 2 aliphatic heterocycles. The molecule has 0 aromatic heterocycles. The van der Waals surface area contributed by atoms with Crippen LogP contribution in [0, 0.1) is 5.92 Å². The van der Waals surface area contributed by atoms with E-state index in [4.69, 9.17) is 9.47 Å². The van der Waals surface area contributed by atoms with Crippen molar-refractivity contribution >= 4 is 23.2 Å². The Morgan fingerprint density at radius 1 is 1.04 bits per heavy atom. The van der Waals surface area contributed by atoms with Crippen LogP contribution in [0.15, 0.2) is 24.3 Å². The molecule has 0 unspecified atom stereocenters. The molecule has 2 heterocycles. The number of hydrogen-bond donors (Lipinski definition) is 2. The van der Waals surface area contributed by atoms with Crippen molar-refractivity contribution in [1.29, 1.82) is 0 Å². The number of anilines is 2. The van der Waals surface area contributed by atoms with Gasteiger partial charge in [-0.05, 0) is 50.2 Å². The van der Waals surface area contributed by atoms with Crippen molar-refractivity contribution in [3.63, 3.8) is 0 Å². The topological polar surface area (TPSA) is 79.9 Å². The Balaban J connectivity index is 1.41. The maximum Gasteiger partial charge on any atom is 0.238 e. The van der Waals surface area contributed by atoms with Crippen LogP contribution < -0.4 is 10.6 Å². The fourth-order valence-corrected chi connectivity index (χ4v) is 3.28. The van der Waals surface area contributed by atoms with Crippen molar-refractivity contribution < 1.29 is 19.1 Å². The molecule has 1 aromatic rings. The molecule has 0 aliphatic carbocycles. The molecule has 2 amide bonds. The maximum absolute atomic E-state index is 12.2. The molecule has 0 bridgehead atoms. The van der Waals surface area contributed by atoms with Gasteiger partial charge in [0.15, 0.2) is 6.29 Å². The first-order valence-electron chi connectivity index (χ1n) is 8.73. The molecule has 0 atom stereocenters. The first-order chi connectivity index (χ1) is 12.1. The monoisotopic (exact) mass is 347 g/mol. The summed E-state index contributed by atoms with van der Waals surface area (Å²) in [5, 5.41) is 5.59. The molecular weight excluding hydrogens is 322 g/mol. The van der Waals surface area contributed by atoms with E-state index < -0.39 is 0 Å². The van der Waals surface area contributed by atoms with Gasteiger partial charge in [0.05, 0.1) is 19.8 Å². The Kier molecular flexibility index (Phi) is 6.01. The lowest BCUT2D eigenvalue weighted by atomic mass is 9.96. The standard InChI is InChI=1S/C18H25N3O4/c1-13(22)19-15-2-4-16(5-3-15)20-17(23)12-21-8-6-14(7-9-21)18-24-10-11-25-18/h2-5,14,18H,6-12H2,1H3,(H,19,22)(H,20,23). The summed E-state index contributed by atoms with van der Waals surface area (Å²) < 4.78 is 11.2. The molecule has 136 valence electrons. The molecule has 7 heteroatoms. The highest BCUT2D eigenvalue weighted by Gasteiger charge is 2.30. The number of ether oxygens (including phenoxy) is 2. The minimum atomic E-state index is -0.117. The summed E-state index contributed by atoms with van der Waals surface area (Å²) in [6.45, 7) is 4.98. The normalized spacial score (nSPS) is 19.7. The van der Waals surface area contributed by atoms with E-state index in [9.17, 15) is 9.59 Å². The number of carbonyl (C=O) groups is 2. The van der Waals surface area contributed by atoms with Crippen LogP contribution in [0.4, 0.5) is 11.4 Å². The van der Waals surface area contributed by atoms with Gasteiger partial charge < -0.3 is 20.1 Å². The van der Waals surface area contributed by atoms with Crippen LogP contribution in [0.25, 0.3) is 0 Å². The minimum absolute atomic E-state index is 0.0286. The number of benzene rings is 1. The number of amides is 2. The summed E-state index contributed by atoms with van der Waals surface area (Å²) in [6, 6.07) is 7.10. The zero-order chi connectivity index (χ0) is 17.6. The predicted molar refractivity (Wildman–Crippen MR) is 94.2 cm³/mol. The Labute approximate surface area is 147 Å². The van der Waals surface area contributed by atoms with Gasteiger partial charge in [-0.15, -0.1) is 0 Å². The van der Waals surface area contributed by atoms with Crippen LogP contribution in [0.5, 0.6) is 0 Å². The van der Waals surface area contributed by atoms with Crippen LogP contribution in [-0.4, -0.2) is 55.9 Å². The highest BCUT2D eigenvalue weighted by molar-refractivity contribution is 5.93. The largest absolute Gasteiger partial charge is 0.350 e. The first kappa shape index (κ1) is 17.8. The predicted octanol–water partition coefficient (Wildman–Crippen LogP) is 1.67. The molecule has 2 N–H and O–H groups in total. The summed E-state index contributed by atoms with van der Waals surface area (Å²) in [7, 11) is 0. The number of nitrogens with one attached hydrogen (secondary N) is 2. The lowest BCUT2D eigenvalue weighted by molar-refractivity contribution is -0.119. The number of piperidine rings is 1. The van der Waals surface area contributed by atoms with Gasteiger partial charge in [0.1, 0.15) is 0 Å². The fourth-order valence-electron chi connectivity index (χ4n) is 3.28. The quantitative estimate of drug-likeness (QED) is 0.847. The van der Waals surface area contributed by atoms with Crippen LogP contribution in [0.2, 0.25) is 0 Å². The molecule has 3 rings (SSSR count). The van der Waals surface area contributed by atoms with Gasteiger partial charge in [-0.1, -0.05) is 0 Å². The highest BCUT2D eigenvalue weighted by Crippen LogP contribution is 2.25. The number of rotatable bonds is 5. The number of hydrogen-bond acceptors (Lipinski definition) is 5. The molecule has 7 nitrogen and oxygen atoms in total. The summed E-state index contributed by atoms with van der Waals surface area (Å²) in [4.78, 5) is 25.4. The number of likely N-dealkylation sites (tertiary alicyclic amines) is 1. The summed E-state index contributed by atoms with van der Waals surface area (Å²) in [5.74, 6) is 0.288. The highest BCUT2D eigenvalue weighted by atomic mass is 16.7. The van der Waals surface area contributed by atoms with Crippen LogP contribution >= 0.6 is 0 Å². The summed E-state index contributed by atoms with van der Waals surface area (Å²) in [6.07, 6.45) is 1.92. The van der Waals surface area contributed by atoms with Crippen molar-refractivity contribution in [2.45, 2.75) is 26.1 Å². The Morgan fingerprint density at radius 3 is 2.16 bits per heavy atom. The van der Waals surface area contributed by atoms with E-state index in [1.165, 1.54) is 6.92 Å². The van der Waals surface area contributed by atoms with Crippen molar-refractivity contribution in [2.75, 3.05) is 43.5 Å². The molecule has 0 saturated carbocycles. The number of nitrogens with zero attached hydrogens (tertiary/aromatic N) is 1. The summed E-state index contributed by atoms with van der Waals surface area (Å²) in [5.41, 5.74) is 1.44. The van der Waals surface area contributed by atoms with Gasteiger partial charge in [-0.25, -0.2) is 0 Å². The molecule has 2 aliphatic rings. The van der Waals surface area contributed by atoms with Crippen LogP contribution in [-0.2, 0) is 19.1 Å². The Hall–Kier alpha value is -1.96. The van der Waals surface area contributed by atoms with Gasteiger partial charge in [-0.3, -0.25) is 14.5 Å². The van der Waals surface area contributed by atoms with Crippen LogP contribution in [0.1, 0.15) is 19.8 Å². The van der Waals surface area contributed by atoms with Gasteiger partial charge in [-0.2, -0.15) is 0 Å². The third-order valence-corrected chi connectivity index (χ3v) is 4.52. The average Bonchev–Trinajstić information content (AvgIpc) is 3.11. The van der Waals surface area contributed by atoms with Crippen molar-refractivity contribution in [2.24, 2.45) is 5.92 Å². The van der Waals surface area contributed by atoms with E-state index >= 15 is 0 Å². The van der Waals surface area contributed by atoms with E-state index in [1.807, 2.05) is 0 Å². The Bertz CT molecular complexity index is 591. The lowest BCUT2D eigenvalue weighted by Gasteiger charge is -2.33. The third-order valence-electron chi connectivity index (χ3n) is 4.52. The second kappa shape index (κ2) is 8.42. The molecule has 25 heavy (non-hydrogen) atoms. The lowest BCUT2D eigenvalue weighted by Crippen LogP contribution is -2.41. The Morgan fingerprint density at radius 2 is 1.60 bits per heavy atom. The SMILES string of the molecule is CC(=O)Nc1ccc(NC(=O)CN2CCC(C3OCCO3)CC2)cc1. The average molecular weight is 347 g/mol. The second-order valence-corrected chi connectivity index (χ2v) is 6.53. The van der Waals surface area contributed by atoms with Crippen molar-refractivity contribution in [3.05, 3.63) is 24.3 Å². The molecule has 1 aromatic carbocycles. The van der Waals surface area contributed by atoms with Gasteiger partial charge in [0.25, 0.3) is 0 Å². The zero-order valence-corrected chi connectivity index (χ0v) is 14.5. The zero-order valence-electron chi connectivity index (χ0n) is 14.5. The molecule has 0 radical (unpaired) electrons. The minimum Gasteiger partial charge on any atom is -0.350 e. The molecular formula is C18H25N3O4. The van der Waals surface area contributed by atoms with E-state index in [2.05, 4.69) is 15.5 Å². The summed E-state index contributed by atoms with van der Waals surface area (Å²) >= 11 is 0. The van der Waals surface area contributed by atoms with Gasteiger partial charge >= 0.3 is 0 Å². The maximum atomic E-state index is 12.2. The van der Waals surface area contributed by atoms with E-state index in [0.717, 1.165) is 31.6 Å². The van der Waals surface area contributed by atoms with Crippen LogP contribution in [0.3, 0.4) is 0 Å². The number of carbonyl (C=O) groups excluding carboxylic acids is 2. The molecule has 2 fully saturated rings. The van der Waals surface area contributed by atoms with E-state index in [0.29, 0.717) is 31.4 Å². The molecule has 0 spiro atoms. The fraction of sp³-hybridized carbons (Fsp3) is 0.556. The second-order valence-electron chi connectivity index (χ2n) is 6.53. The van der Waals surface area contributed by atoms with E-state index in [-0.39, 0.29) is 18.1 Å². The molecule has 2 saturated heterocycles.